The summed E-state index contributed by atoms with van der Waals surface area (Å²) in [6.07, 6.45) is 9.13. The molecule has 2 saturated carbocycles. The highest BCUT2D eigenvalue weighted by molar-refractivity contribution is 5.61. The smallest absolute Gasteiger partial charge is 0.165 e. The molecule has 34 heavy (non-hydrogen) atoms. The zero-order valence-electron chi connectivity index (χ0n) is 20.2. The third-order valence-electron chi connectivity index (χ3n) is 9.65. The molecule has 6 heteroatoms. The molecule has 2 bridgehead atoms. The van der Waals surface area contributed by atoms with E-state index in [1.165, 1.54) is 30.5 Å². The van der Waals surface area contributed by atoms with Gasteiger partial charge in [0, 0.05) is 41.7 Å². The Balaban J connectivity index is 1.28. The maximum absolute atomic E-state index is 10.8. The van der Waals surface area contributed by atoms with Crippen molar-refractivity contribution in [2.45, 2.75) is 69.3 Å². The summed E-state index contributed by atoms with van der Waals surface area (Å²) < 4.78 is 24.5. The van der Waals surface area contributed by atoms with E-state index in [4.69, 9.17) is 18.6 Å². The summed E-state index contributed by atoms with van der Waals surface area (Å²) in [7, 11) is 1.81. The molecule has 3 fully saturated rings. The van der Waals surface area contributed by atoms with Gasteiger partial charge in [-0.05, 0) is 68.2 Å². The minimum absolute atomic E-state index is 0.0862. The fourth-order valence-electron chi connectivity index (χ4n) is 8.04. The van der Waals surface area contributed by atoms with Gasteiger partial charge in [0.1, 0.15) is 12.2 Å². The molecule has 1 saturated heterocycles. The summed E-state index contributed by atoms with van der Waals surface area (Å²) >= 11 is 0. The number of rotatable bonds is 7. The first-order chi connectivity index (χ1) is 16.5. The lowest BCUT2D eigenvalue weighted by molar-refractivity contribution is -0.189. The number of phenolic OH excluding ortho intramolecular Hbond substituents is 1. The van der Waals surface area contributed by atoms with Gasteiger partial charge in [-0.2, -0.15) is 0 Å². The van der Waals surface area contributed by atoms with Gasteiger partial charge in [0.25, 0.3) is 0 Å². The molecule has 1 aromatic heterocycles. The molecule has 6 nitrogen and oxygen atoms in total. The number of phenols is 1. The summed E-state index contributed by atoms with van der Waals surface area (Å²) in [6.45, 7) is 5.78. The van der Waals surface area contributed by atoms with Crippen molar-refractivity contribution in [2.75, 3.05) is 26.8 Å². The molecule has 4 unspecified atom stereocenters. The Morgan fingerprint density at radius 1 is 1.24 bits per heavy atom. The minimum atomic E-state index is -0.187. The van der Waals surface area contributed by atoms with Crippen molar-refractivity contribution in [1.82, 2.24) is 4.90 Å². The summed E-state index contributed by atoms with van der Waals surface area (Å²) in [5.74, 6) is 2.33. The number of nitrogens with zero attached hydrogens (tertiary/aromatic N) is 1. The van der Waals surface area contributed by atoms with E-state index in [0.29, 0.717) is 30.9 Å². The molecule has 2 aromatic rings. The molecule has 6 atom stereocenters. The first kappa shape index (κ1) is 21.3. The Bertz CT molecular complexity index is 1080. The van der Waals surface area contributed by atoms with E-state index >= 15 is 0 Å². The van der Waals surface area contributed by atoms with Crippen LogP contribution >= 0.6 is 0 Å². The highest BCUT2D eigenvalue weighted by atomic mass is 16.5. The molecule has 0 radical (unpaired) electrons. The van der Waals surface area contributed by atoms with E-state index in [1.54, 1.807) is 12.5 Å². The number of aromatic hydroxyl groups is 1. The maximum Gasteiger partial charge on any atom is 0.165 e. The number of methoxy groups -OCH3 is 1. The number of likely N-dealkylation sites (tertiary alicyclic amines) is 1. The number of ether oxygens (including phenoxy) is 3. The standard InChI is InChI=1S/C28H35NO5/c1-27(16-33-15-18-7-10-32-14-18)12-20-21-11-19-5-6-22(30)24-23(19)28(20,26(34-24)25(27)31-2)8-9-29(21)13-17-3-4-17/h5-7,10,14,17,20-21,25-26,30H,3-4,8-9,11-13,15-16H2,1-2H3/t20?,21?,25?,26-,27-,28?/m1/s1. The Morgan fingerprint density at radius 3 is 2.88 bits per heavy atom. The molecule has 2 aliphatic heterocycles. The number of hydrogen-bond donors (Lipinski definition) is 1. The van der Waals surface area contributed by atoms with E-state index in [9.17, 15) is 5.11 Å². The summed E-state index contributed by atoms with van der Waals surface area (Å²) in [5.41, 5.74) is 3.43. The van der Waals surface area contributed by atoms with Crippen LogP contribution in [-0.4, -0.2) is 55.1 Å². The predicted octanol–water partition coefficient (Wildman–Crippen LogP) is 4.28. The molecule has 182 valence electrons. The topological polar surface area (TPSA) is 64.3 Å². The second-order valence-corrected chi connectivity index (χ2v) is 11.7. The largest absolute Gasteiger partial charge is 0.504 e. The first-order valence-electron chi connectivity index (χ1n) is 12.9. The molecule has 3 heterocycles. The van der Waals surface area contributed by atoms with Crippen molar-refractivity contribution in [2.24, 2.45) is 17.3 Å². The number of furan rings is 1. The lowest BCUT2D eigenvalue weighted by Crippen LogP contribution is -2.71. The Morgan fingerprint density at radius 2 is 2.12 bits per heavy atom. The predicted molar refractivity (Wildman–Crippen MR) is 126 cm³/mol. The van der Waals surface area contributed by atoms with Crippen LogP contribution < -0.4 is 4.74 Å². The molecular weight excluding hydrogens is 430 g/mol. The van der Waals surface area contributed by atoms with Crippen LogP contribution in [0.4, 0.5) is 0 Å². The lowest BCUT2D eigenvalue weighted by Gasteiger charge is -2.63. The van der Waals surface area contributed by atoms with E-state index < -0.39 is 0 Å². The Hall–Kier alpha value is -2.02. The highest BCUT2D eigenvalue weighted by Gasteiger charge is 2.70. The van der Waals surface area contributed by atoms with E-state index in [-0.39, 0.29) is 28.8 Å². The van der Waals surface area contributed by atoms with Gasteiger partial charge >= 0.3 is 0 Å². The normalized spacial score (nSPS) is 37.9. The summed E-state index contributed by atoms with van der Waals surface area (Å²) in [6, 6.07) is 6.44. The quantitative estimate of drug-likeness (QED) is 0.659. The molecular formula is C28H35NO5. The van der Waals surface area contributed by atoms with Gasteiger partial charge in [-0.25, -0.2) is 0 Å². The van der Waals surface area contributed by atoms with Crippen LogP contribution in [-0.2, 0) is 27.9 Å². The first-order valence-corrected chi connectivity index (χ1v) is 12.9. The van der Waals surface area contributed by atoms with Crippen molar-refractivity contribution in [1.29, 1.82) is 0 Å². The zero-order chi connectivity index (χ0) is 23.1. The second kappa shape index (κ2) is 7.49. The molecule has 5 aliphatic rings. The van der Waals surface area contributed by atoms with Crippen LogP contribution in [0.2, 0.25) is 0 Å². The van der Waals surface area contributed by atoms with Gasteiger partial charge in [0.2, 0.25) is 0 Å². The summed E-state index contributed by atoms with van der Waals surface area (Å²) in [5, 5.41) is 10.8. The average Bonchev–Trinajstić information content (AvgIpc) is 3.35. The van der Waals surface area contributed by atoms with Crippen LogP contribution in [0.25, 0.3) is 0 Å². The number of benzene rings is 1. The van der Waals surface area contributed by atoms with E-state index in [2.05, 4.69) is 17.9 Å². The Labute approximate surface area is 201 Å². The Kier molecular flexibility index (Phi) is 4.69. The maximum atomic E-state index is 10.8. The summed E-state index contributed by atoms with van der Waals surface area (Å²) in [4.78, 5) is 2.79. The average molecular weight is 466 g/mol. The molecule has 0 amide bonds. The molecule has 1 aromatic carbocycles. The molecule has 1 N–H and O–H groups in total. The van der Waals surface area contributed by atoms with Gasteiger partial charge in [0.05, 0.1) is 25.7 Å². The fraction of sp³-hybridized carbons (Fsp3) is 0.643. The van der Waals surface area contributed by atoms with E-state index in [1.807, 2.05) is 19.2 Å². The number of hydrogen-bond acceptors (Lipinski definition) is 6. The third-order valence-corrected chi connectivity index (χ3v) is 9.65. The van der Waals surface area contributed by atoms with Crippen LogP contribution in [0.3, 0.4) is 0 Å². The van der Waals surface area contributed by atoms with Gasteiger partial charge in [-0.3, -0.25) is 4.90 Å². The molecule has 7 rings (SSSR count). The second-order valence-electron chi connectivity index (χ2n) is 11.7. The monoisotopic (exact) mass is 465 g/mol. The van der Waals surface area contributed by atoms with Gasteiger partial charge in [-0.15, -0.1) is 0 Å². The van der Waals surface area contributed by atoms with E-state index in [0.717, 1.165) is 37.3 Å². The fourth-order valence-corrected chi connectivity index (χ4v) is 8.04. The molecule has 3 aliphatic carbocycles. The van der Waals surface area contributed by atoms with Crippen LogP contribution in [0.5, 0.6) is 11.5 Å². The van der Waals surface area contributed by atoms with Crippen molar-refractivity contribution >= 4 is 0 Å². The third kappa shape index (κ3) is 2.91. The van der Waals surface area contributed by atoms with Gasteiger partial charge < -0.3 is 23.7 Å². The van der Waals surface area contributed by atoms with Gasteiger partial charge in [0.15, 0.2) is 11.5 Å². The lowest BCUT2D eigenvalue weighted by atomic mass is 9.47. The van der Waals surface area contributed by atoms with Crippen molar-refractivity contribution in [3.63, 3.8) is 0 Å². The SMILES string of the molecule is COC1[C@H]2Oc3c(O)ccc4c3C23CCN(CC2CC2)C(C4)C3C[C@]1(C)COCc1ccoc1. The zero-order valence-corrected chi connectivity index (χ0v) is 20.2. The minimum Gasteiger partial charge on any atom is -0.504 e. The van der Waals surface area contributed by atoms with Gasteiger partial charge in [-0.1, -0.05) is 13.0 Å². The number of piperidine rings is 1. The van der Waals surface area contributed by atoms with Crippen molar-refractivity contribution < 1.29 is 23.7 Å². The highest BCUT2D eigenvalue weighted by Crippen LogP contribution is 2.66. The van der Waals surface area contributed by atoms with Crippen LogP contribution in [0.15, 0.2) is 35.1 Å². The van der Waals surface area contributed by atoms with Crippen LogP contribution in [0.1, 0.15) is 49.3 Å². The van der Waals surface area contributed by atoms with Crippen LogP contribution in [0, 0.1) is 17.3 Å². The van der Waals surface area contributed by atoms with Crippen molar-refractivity contribution in [3.8, 4) is 11.5 Å². The molecule has 1 spiro atoms. The van der Waals surface area contributed by atoms with Crippen molar-refractivity contribution in [3.05, 3.63) is 47.4 Å².